The second-order valence-electron chi connectivity index (χ2n) is 6.87. The summed E-state index contributed by atoms with van der Waals surface area (Å²) in [5.41, 5.74) is 3.47. The molecule has 0 fully saturated rings. The van der Waals surface area contributed by atoms with Gasteiger partial charge in [0.2, 0.25) is 0 Å². The van der Waals surface area contributed by atoms with Crippen molar-refractivity contribution in [2.75, 3.05) is 27.2 Å². The van der Waals surface area contributed by atoms with Crippen molar-refractivity contribution in [3.8, 4) is 5.75 Å². The molecule has 3 heteroatoms. The zero-order chi connectivity index (χ0) is 16.9. The van der Waals surface area contributed by atoms with E-state index in [0.29, 0.717) is 0 Å². The number of rotatable bonds is 7. The van der Waals surface area contributed by atoms with E-state index >= 15 is 0 Å². The van der Waals surface area contributed by atoms with Gasteiger partial charge < -0.3 is 9.64 Å². The molecule has 0 saturated heterocycles. The first kappa shape index (κ1) is 17.5. The minimum Gasteiger partial charge on any atom is -0.494 e. The normalized spacial score (nSPS) is 11.7. The fraction of sp³-hybridized carbons (Fsp3) is 0.450. The van der Waals surface area contributed by atoms with E-state index in [2.05, 4.69) is 75.1 Å². The minimum atomic E-state index is -0.116. The van der Waals surface area contributed by atoms with E-state index in [-0.39, 0.29) is 5.41 Å². The van der Waals surface area contributed by atoms with Crippen LogP contribution in [-0.2, 0) is 5.41 Å². The van der Waals surface area contributed by atoms with E-state index in [1.807, 2.05) is 12.3 Å². The average molecular weight is 312 g/mol. The first-order valence-corrected chi connectivity index (χ1v) is 8.21. The standard InChI is InChI=1S/C20H28N2O/c1-16-11-12-21-19(15-16)20(2,3)17-7-9-18(10-8-17)23-14-6-13-22(4)5/h7-12,15H,6,13-14H2,1-5H3. The van der Waals surface area contributed by atoms with Gasteiger partial charge in [-0.3, -0.25) is 4.98 Å². The molecule has 0 aliphatic carbocycles. The summed E-state index contributed by atoms with van der Waals surface area (Å²) in [5, 5.41) is 0. The van der Waals surface area contributed by atoms with Crippen molar-refractivity contribution in [1.82, 2.24) is 9.88 Å². The Kier molecular flexibility index (Phi) is 5.78. The fourth-order valence-corrected chi connectivity index (χ4v) is 2.56. The lowest BCUT2D eigenvalue weighted by Gasteiger charge is -2.25. The topological polar surface area (TPSA) is 25.4 Å². The monoisotopic (exact) mass is 312 g/mol. The molecule has 3 nitrogen and oxygen atoms in total. The van der Waals surface area contributed by atoms with Gasteiger partial charge in [0, 0.05) is 18.2 Å². The number of ether oxygens (including phenoxy) is 1. The molecule has 1 aromatic carbocycles. The van der Waals surface area contributed by atoms with Crippen molar-refractivity contribution >= 4 is 0 Å². The van der Waals surface area contributed by atoms with E-state index < -0.39 is 0 Å². The van der Waals surface area contributed by atoms with E-state index in [1.165, 1.54) is 11.1 Å². The summed E-state index contributed by atoms with van der Waals surface area (Å²) in [4.78, 5) is 6.72. The molecule has 0 unspecified atom stereocenters. The SMILES string of the molecule is Cc1ccnc(C(C)(C)c2ccc(OCCCN(C)C)cc2)c1. The fourth-order valence-electron chi connectivity index (χ4n) is 2.56. The van der Waals surface area contributed by atoms with Crippen LogP contribution in [-0.4, -0.2) is 37.1 Å². The van der Waals surface area contributed by atoms with Crippen LogP contribution in [0.2, 0.25) is 0 Å². The van der Waals surface area contributed by atoms with Gasteiger partial charge in [-0.05, 0) is 62.8 Å². The molecule has 0 radical (unpaired) electrons. The third-order valence-corrected chi connectivity index (χ3v) is 4.15. The molecule has 0 N–H and O–H groups in total. The highest BCUT2D eigenvalue weighted by molar-refractivity contribution is 5.38. The molecule has 0 bridgehead atoms. The maximum atomic E-state index is 5.81. The lowest BCUT2D eigenvalue weighted by molar-refractivity contribution is 0.281. The highest BCUT2D eigenvalue weighted by atomic mass is 16.5. The van der Waals surface area contributed by atoms with Gasteiger partial charge in [-0.2, -0.15) is 0 Å². The molecule has 0 spiro atoms. The number of hydrogen-bond donors (Lipinski definition) is 0. The zero-order valence-electron chi connectivity index (χ0n) is 15.0. The highest BCUT2D eigenvalue weighted by Gasteiger charge is 2.24. The van der Waals surface area contributed by atoms with Crippen molar-refractivity contribution in [3.63, 3.8) is 0 Å². The first-order chi connectivity index (χ1) is 10.9. The van der Waals surface area contributed by atoms with Crippen molar-refractivity contribution < 1.29 is 4.74 Å². The first-order valence-electron chi connectivity index (χ1n) is 8.21. The molecule has 2 aromatic rings. The van der Waals surface area contributed by atoms with Crippen LogP contribution in [0.25, 0.3) is 0 Å². The number of aryl methyl sites for hydroxylation is 1. The Morgan fingerprint density at radius 3 is 2.39 bits per heavy atom. The molecule has 0 aliphatic heterocycles. The van der Waals surface area contributed by atoms with Crippen molar-refractivity contribution in [2.24, 2.45) is 0 Å². The Bertz CT molecular complexity index is 618. The maximum Gasteiger partial charge on any atom is 0.119 e. The van der Waals surface area contributed by atoms with E-state index in [0.717, 1.165) is 31.0 Å². The zero-order valence-corrected chi connectivity index (χ0v) is 15.0. The van der Waals surface area contributed by atoms with Crippen molar-refractivity contribution in [3.05, 3.63) is 59.4 Å². The highest BCUT2D eigenvalue weighted by Crippen LogP contribution is 2.31. The van der Waals surface area contributed by atoms with Crippen molar-refractivity contribution in [1.29, 1.82) is 0 Å². The van der Waals surface area contributed by atoms with Gasteiger partial charge in [-0.1, -0.05) is 26.0 Å². The van der Waals surface area contributed by atoms with E-state index in [9.17, 15) is 0 Å². The summed E-state index contributed by atoms with van der Waals surface area (Å²) in [5.74, 6) is 0.931. The quantitative estimate of drug-likeness (QED) is 0.721. The second kappa shape index (κ2) is 7.60. The van der Waals surface area contributed by atoms with Gasteiger partial charge >= 0.3 is 0 Å². The van der Waals surface area contributed by atoms with Gasteiger partial charge in [-0.25, -0.2) is 0 Å². The lowest BCUT2D eigenvalue weighted by atomic mass is 9.81. The Morgan fingerprint density at radius 2 is 1.78 bits per heavy atom. The number of hydrogen-bond acceptors (Lipinski definition) is 3. The van der Waals surface area contributed by atoms with Crippen LogP contribution >= 0.6 is 0 Å². The van der Waals surface area contributed by atoms with Crippen LogP contribution in [0.4, 0.5) is 0 Å². The van der Waals surface area contributed by atoms with Gasteiger partial charge in [0.05, 0.1) is 12.3 Å². The van der Waals surface area contributed by atoms with Gasteiger partial charge in [0.15, 0.2) is 0 Å². The molecular weight excluding hydrogens is 284 g/mol. The summed E-state index contributed by atoms with van der Waals surface area (Å²) in [6.07, 6.45) is 2.92. The number of nitrogens with zero attached hydrogens (tertiary/aromatic N) is 2. The van der Waals surface area contributed by atoms with Gasteiger partial charge in [-0.15, -0.1) is 0 Å². The third-order valence-electron chi connectivity index (χ3n) is 4.15. The summed E-state index contributed by atoms with van der Waals surface area (Å²) >= 11 is 0. The Labute approximate surface area is 140 Å². The molecule has 0 atom stereocenters. The summed E-state index contributed by atoms with van der Waals surface area (Å²) in [6.45, 7) is 8.32. The molecule has 0 aliphatic rings. The smallest absolute Gasteiger partial charge is 0.119 e. The van der Waals surface area contributed by atoms with E-state index in [1.54, 1.807) is 0 Å². The summed E-state index contributed by atoms with van der Waals surface area (Å²) in [7, 11) is 4.16. The van der Waals surface area contributed by atoms with Crippen LogP contribution in [0.3, 0.4) is 0 Å². The minimum absolute atomic E-state index is 0.116. The number of pyridine rings is 1. The molecule has 23 heavy (non-hydrogen) atoms. The van der Waals surface area contributed by atoms with Crippen LogP contribution in [0.1, 0.15) is 37.1 Å². The lowest BCUT2D eigenvalue weighted by Crippen LogP contribution is -2.20. The molecule has 2 rings (SSSR count). The molecule has 0 saturated carbocycles. The number of aromatic nitrogens is 1. The average Bonchev–Trinajstić information content (AvgIpc) is 2.52. The maximum absolute atomic E-state index is 5.81. The summed E-state index contributed by atoms with van der Waals surface area (Å²) in [6, 6.07) is 12.6. The van der Waals surface area contributed by atoms with Gasteiger partial charge in [0.1, 0.15) is 5.75 Å². The number of benzene rings is 1. The molecule has 1 heterocycles. The van der Waals surface area contributed by atoms with E-state index in [4.69, 9.17) is 4.74 Å². The molecular formula is C20H28N2O. The van der Waals surface area contributed by atoms with Crippen LogP contribution in [0, 0.1) is 6.92 Å². The van der Waals surface area contributed by atoms with Gasteiger partial charge in [0.25, 0.3) is 0 Å². The predicted octanol–water partition coefficient (Wildman–Crippen LogP) is 4.05. The molecule has 0 amide bonds. The second-order valence-corrected chi connectivity index (χ2v) is 6.87. The van der Waals surface area contributed by atoms with Crippen LogP contribution in [0.15, 0.2) is 42.6 Å². The van der Waals surface area contributed by atoms with Crippen molar-refractivity contribution in [2.45, 2.75) is 32.6 Å². The molecule has 124 valence electrons. The van der Waals surface area contributed by atoms with Crippen LogP contribution < -0.4 is 4.74 Å². The largest absolute Gasteiger partial charge is 0.494 e. The summed E-state index contributed by atoms with van der Waals surface area (Å²) < 4.78 is 5.81. The third kappa shape index (κ3) is 4.80. The Balaban J connectivity index is 2.03. The van der Waals surface area contributed by atoms with Crippen LogP contribution in [0.5, 0.6) is 5.75 Å². The Morgan fingerprint density at radius 1 is 1.09 bits per heavy atom. The predicted molar refractivity (Wildman–Crippen MR) is 96.2 cm³/mol. The molecule has 1 aromatic heterocycles. The Hall–Kier alpha value is -1.87.